The van der Waals surface area contributed by atoms with Gasteiger partial charge in [0.25, 0.3) is 0 Å². The molecule has 0 saturated heterocycles. The maximum absolute atomic E-state index is 11.5. The van der Waals surface area contributed by atoms with Crippen molar-refractivity contribution in [1.82, 2.24) is 4.98 Å². The molecule has 0 N–H and O–H groups in total. The molecule has 108 valence electrons. The minimum absolute atomic E-state index is 0.285. The molecule has 1 heterocycles. The molecule has 1 aliphatic rings. The van der Waals surface area contributed by atoms with Gasteiger partial charge >= 0.3 is 5.97 Å². The van der Waals surface area contributed by atoms with Crippen LogP contribution < -0.4 is 0 Å². The predicted octanol–water partition coefficient (Wildman–Crippen LogP) is 4.00. The Morgan fingerprint density at radius 1 is 1.40 bits per heavy atom. The molecule has 1 aromatic heterocycles. The average Bonchev–Trinajstić information content (AvgIpc) is 2.53. The number of pyridine rings is 1. The molecular weight excluding hydrogens is 250 g/mol. The van der Waals surface area contributed by atoms with E-state index in [9.17, 15) is 4.79 Å². The first kappa shape index (κ1) is 14.8. The minimum Gasteiger partial charge on any atom is -0.466 e. The number of hydrogen-bond acceptors (Lipinski definition) is 3. The summed E-state index contributed by atoms with van der Waals surface area (Å²) >= 11 is 0. The van der Waals surface area contributed by atoms with Crippen LogP contribution in [0.3, 0.4) is 0 Å². The highest BCUT2D eigenvalue weighted by molar-refractivity contribution is 5.91. The molecule has 0 amide bonds. The number of carbonyl (C=O) groups excluding carboxylic acids is 1. The van der Waals surface area contributed by atoms with Crippen LogP contribution in [-0.4, -0.2) is 18.1 Å². The van der Waals surface area contributed by atoms with Crippen LogP contribution in [0.1, 0.15) is 50.5 Å². The monoisotopic (exact) mass is 273 g/mol. The summed E-state index contributed by atoms with van der Waals surface area (Å²) in [5.41, 5.74) is 2.06. The van der Waals surface area contributed by atoms with E-state index in [1.165, 1.54) is 39.2 Å². The molecule has 3 nitrogen and oxygen atoms in total. The van der Waals surface area contributed by atoms with E-state index in [1.54, 1.807) is 12.3 Å². The van der Waals surface area contributed by atoms with E-state index in [2.05, 4.69) is 4.98 Å². The van der Waals surface area contributed by atoms with Crippen molar-refractivity contribution in [2.75, 3.05) is 7.11 Å². The second kappa shape index (κ2) is 7.83. The fourth-order valence-electron chi connectivity index (χ4n) is 2.89. The Bertz CT molecular complexity index is 447. The molecule has 3 heteroatoms. The molecule has 0 radical (unpaired) electrons. The molecular formula is C17H23NO2. The van der Waals surface area contributed by atoms with Crippen LogP contribution in [0.4, 0.5) is 0 Å². The maximum atomic E-state index is 11.5. The molecule has 1 fully saturated rings. The summed E-state index contributed by atoms with van der Waals surface area (Å²) in [4.78, 5) is 15.7. The van der Waals surface area contributed by atoms with Gasteiger partial charge in [-0.3, -0.25) is 4.98 Å². The third kappa shape index (κ3) is 4.48. The lowest BCUT2D eigenvalue weighted by Gasteiger charge is -2.21. The highest BCUT2D eigenvalue weighted by Crippen LogP contribution is 2.30. The van der Waals surface area contributed by atoms with Crippen LogP contribution in [-0.2, 0) is 9.53 Å². The van der Waals surface area contributed by atoms with Gasteiger partial charge in [-0.2, -0.15) is 0 Å². The second-order valence-electron chi connectivity index (χ2n) is 5.48. The van der Waals surface area contributed by atoms with Crippen molar-refractivity contribution in [3.05, 3.63) is 36.2 Å². The summed E-state index contributed by atoms with van der Waals surface area (Å²) in [7, 11) is 1.42. The van der Waals surface area contributed by atoms with Gasteiger partial charge in [-0.05, 0) is 36.0 Å². The highest BCUT2D eigenvalue weighted by Gasteiger charge is 2.15. The van der Waals surface area contributed by atoms with Gasteiger partial charge in [-0.15, -0.1) is 0 Å². The van der Waals surface area contributed by atoms with Crippen LogP contribution in [0.25, 0.3) is 5.57 Å². The van der Waals surface area contributed by atoms with Gasteiger partial charge < -0.3 is 4.74 Å². The van der Waals surface area contributed by atoms with Gasteiger partial charge in [0.15, 0.2) is 0 Å². The zero-order chi connectivity index (χ0) is 14.2. The molecule has 1 aliphatic carbocycles. The van der Waals surface area contributed by atoms with Crippen LogP contribution in [0.5, 0.6) is 0 Å². The summed E-state index contributed by atoms with van der Waals surface area (Å²) in [6, 6.07) is 3.91. The van der Waals surface area contributed by atoms with E-state index in [-0.39, 0.29) is 5.97 Å². The van der Waals surface area contributed by atoms with Gasteiger partial charge in [0.05, 0.1) is 7.11 Å². The summed E-state index contributed by atoms with van der Waals surface area (Å²) in [5, 5.41) is 0. The Labute approximate surface area is 121 Å². The van der Waals surface area contributed by atoms with E-state index in [4.69, 9.17) is 4.74 Å². The van der Waals surface area contributed by atoms with Crippen molar-refractivity contribution in [3.63, 3.8) is 0 Å². The van der Waals surface area contributed by atoms with E-state index in [0.29, 0.717) is 0 Å². The van der Waals surface area contributed by atoms with Crippen LogP contribution in [0, 0.1) is 5.92 Å². The quantitative estimate of drug-likeness (QED) is 0.601. The molecule has 0 bridgehead atoms. The van der Waals surface area contributed by atoms with Crippen molar-refractivity contribution in [3.8, 4) is 0 Å². The molecule has 0 spiro atoms. The Kier molecular flexibility index (Phi) is 5.78. The fraction of sp³-hybridized carbons (Fsp3) is 0.529. The zero-order valence-corrected chi connectivity index (χ0v) is 12.2. The number of carbonyl (C=O) groups is 1. The first-order chi connectivity index (χ1) is 9.79. The molecule has 0 atom stereocenters. The lowest BCUT2D eigenvalue weighted by atomic mass is 9.84. The van der Waals surface area contributed by atoms with Gasteiger partial charge in [0.2, 0.25) is 0 Å². The Morgan fingerprint density at radius 2 is 2.20 bits per heavy atom. The van der Waals surface area contributed by atoms with Crippen molar-refractivity contribution in [1.29, 1.82) is 0 Å². The molecule has 2 rings (SSSR count). The summed E-state index contributed by atoms with van der Waals surface area (Å²) in [5.74, 6) is 0.522. The number of rotatable bonds is 5. The number of esters is 1. The normalized spacial score (nSPS) is 16.9. The molecule has 0 unspecified atom stereocenters. The number of ether oxygens (including phenoxy) is 1. The average molecular weight is 273 g/mol. The minimum atomic E-state index is -0.285. The summed E-state index contributed by atoms with van der Waals surface area (Å²) < 4.78 is 4.76. The number of aromatic nitrogens is 1. The van der Waals surface area contributed by atoms with E-state index < -0.39 is 0 Å². The number of allylic oxidation sites excluding steroid dienone is 1. The number of methoxy groups -OCH3 is 1. The third-order valence-corrected chi connectivity index (χ3v) is 4.07. The molecule has 1 aromatic rings. The van der Waals surface area contributed by atoms with E-state index >= 15 is 0 Å². The van der Waals surface area contributed by atoms with Gasteiger partial charge in [0.1, 0.15) is 0 Å². The highest BCUT2D eigenvalue weighted by atomic mass is 16.5. The smallest absolute Gasteiger partial charge is 0.330 e. The first-order valence-corrected chi connectivity index (χ1v) is 7.48. The molecule has 1 saturated carbocycles. The molecule has 20 heavy (non-hydrogen) atoms. The second-order valence-corrected chi connectivity index (χ2v) is 5.48. The van der Waals surface area contributed by atoms with Gasteiger partial charge in [-0.1, -0.05) is 38.2 Å². The van der Waals surface area contributed by atoms with Crippen LogP contribution in [0.15, 0.2) is 30.6 Å². The number of nitrogens with zero attached hydrogens (tertiary/aromatic N) is 1. The van der Waals surface area contributed by atoms with Gasteiger partial charge in [0, 0.05) is 18.5 Å². The number of hydrogen-bond donors (Lipinski definition) is 0. The van der Waals surface area contributed by atoms with E-state index in [0.717, 1.165) is 29.9 Å². The Morgan fingerprint density at radius 3 is 2.85 bits per heavy atom. The van der Waals surface area contributed by atoms with Gasteiger partial charge in [-0.25, -0.2) is 4.79 Å². The Balaban J connectivity index is 2.03. The largest absolute Gasteiger partial charge is 0.466 e. The Hall–Kier alpha value is -1.64. The lowest BCUT2D eigenvalue weighted by molar-refractivity contribution is -0.134. The fourth-order valence-corrected chi connectivity index (χ4v) is 2.89. The zero-order valence-electron chi connectivity index (χ0n) is 12.2. The van der Waals surface area contributed by atoms with E-state index in [1.807, 2.05) is 18.3 Å². The summed E-state index contributed by atoms with van der Waals surface area (Å²) in [6.45, 7) is 0. The summed E-state index contributed by atoms with van der Waals surface area (Å²) in [6.07, 6.45) is 14.0. The molecule has 0 aromatic carbocycles. The third-order valence-electron chi connectivity index (χ3n) is 4.07. The van der Waals surface area contributed by atoms with Crippen molar-refractivity contribution in [2.24, 2.45) is 5.92 Å². The van der Waals surface area contributed by atoms with Crippen LogP contribution in [0.2, 0.25) is 0 Å². The standard InChI is InChI=1S/C17H23NO2/c1-20-17(19)12-15(16-8-5-11-18-13-16)10-9-14-6-3-2-4-7-14/h5,8,11-14H,2-4,6-7,9-10H2,1H3/b15-12-. The SMILES string of the molecule is COC(=O)/C=C(/CCC1CCCCC1)c1cccnc1. The van der Waals surface area contributed by atoms with Crippen molar-refractivity contribution < 1.29 is 9.53 Å². The maximum Gasteiger partial charge on any atom is 0.330 e. The molecule has 0 aliphatic heterocycles. The van der Waals surface area contributed by atoms with Crippen molar-refractivity contribution >= 4 is 11.5 Å². The first-order valence-electron chi connectivity index (χ1n) is 7.48. The predicted molar refractivity (Wildman–Crippen MR) is 80.0 cm³/mol. The van der Waals surface area contributed by atoms with Crippen LogP contribution >= 0.6 is 0 Å². The van der Waals surface area contributed by atoms with Crippen molar-refractivity contribution in [2.45, 2.75) is 44.9 Å². The topological polar surface area (TPSA) is 39.2 Å². The lowest BCUT2D eigenvalue weighted by Crippen LogP contribution is -2.07.